The molecule has 0 unspecified atom stereocenters. The minimum Gasteiger partial charge on any atom is -0.379 e. The molecule has 3 aromatic rings. The highest BCUT2D eigenvalue weighted by Gasteiger charge is 2.07. The van der Waals surface area contributed by atoms with Crippen LogP contribution in [0.4, 0.5) is 5.69 Å². The zero-order valence-electron chi connectivity index (χ0n) is 11.3. The molecule has 3 heterocycles. The van der Waals surface area contributed by atoms with Crippen LogP contribution in [0.3, 0.4) is 0 Å². The van der Waals surface area contributed by atoms with Crippen molar-refractivity contribution in [2.24, 2.45) is 7.05 Å². The van der Waals surface area contributed by atoms with Crippen molar-refractivity contribution < 1.29 is 0 Å². The number of aryl methyl sites for hydroxylation is 3. The molecule has 0 saturated heterocycles. The fourth-order valence-electron chi connectivity index (χ4n) is 2.17. The van der Waals surface area contributed by atoms with E-state index < -0.39 is 0 Å². The summed E-state index contributed by atoms with van der Waals surface area (Å²) in [5.41, 5.74) is 2.98. The van der Waals surface area contributed by atoms with Crippen LogP contribution in [0.15, 0.2) is 24.4 Å². The Labute approximate surface area is 116 Å². The average Bonchev–Trinajstić information content (AvgIpc) is 2.92. The summed E-state index contributed by atoms with van der Waals surface area (Å²) in [6.45, 7) is 4.97. The number of hydrogen-bond donors (Lipinski definition) is 1. The van der Waals surface area contributed by atoms with Gasteiger partial charge in [-0.3, -0.25) is 4.68 Å². The van der Waals surface area contributed by atoms with Gasteiger partial charge in [-0.1, -0.05) is 0 Å². The normalized spacial score (nSPS) is 11.1. The second kappa shape index (κ2) is 4.66. The number of rotatable bonds is 3. The number of fused-ring (bicyclic) bond motifs is 1. The van der Waals surface area contributed by atoms with E-state index in [1.54, 1.807) is 0 Å². The molecule has 0 bridgehead atoms. The van der Waals surface area contributed by atoms with E-state index in [4.69, 9.17) is 0 Å². The first-order chi connectivity index (χ1) is 9.13. The topological polar surface area (TPSA) is 42.7 Å². The van der Waals surface area contributed by atoms with E-state index in [9.17, 15) is 0 Å². The molecule has 19 heavy (non-hydrogen) atoms. The predicted molar refractivity (Wildman–Crippen MR) is 79.6 cm³/mol. The minimum absolute atomic E-state index is 0.838. The van der Waals surface area contributed by atoms with Crippen LogP contribution in [0, 0.1) is 13.8 Å². The van der Waals surface area contributed by atoms with E-state index in [-0.39, 0.29) is 0 Å². The maximum atomic E-state index is 4.46. The minimum atomic E-state index is 0.838. The molecule has 4 nitrogen and oxygen atoms in total. The maximum absolute atomic E-state index is 4.46. The van der Waals surface area contributed by atoms with Gasteiger partial charge in [0.1, 0.15) is 0 Å². The van der Waals surface area contributed by atoms with Crippen LogP contribution in [0.2, 0.25) is 0 Å². The third-order valence-electron chi connectivity index (χ3n) is 3.13. The molecule has 0 aliphatic carbocycles. The third kappa shape index (κ3) is 2.33. The molecule has 0 fully saturated rings. The Hall–Kier alpha value is -1.88. The molecule has 1 N–H and O–H groups in total. The van der Waals surface area contributed by atoms with E-state index in [1.807, 2.05) is 36.2 Å². The SMILES string of the molecule is Cc1ccc(CNc2cnc3c(c2)c(C)nn3C)s1. The van der Waals surface area contributed by atoms with Crippen LogP contribution < -0.4 is 5.32 Å². The molecule has 0 aliphatic heterocycles. The van der Waals surface area contributed by atoms with Gasteiger partial charge in [-0.2, -0.15) is 5.10 Å². The summed E-state index contributed by atoms with van der Waals surface area (Å²) in [5, 5.41) is 8.90. The van der Waals surface area contributed by atoms with Gasteiger partial charge in [-0.25, -0.2) is 4.98 Å². The van der Waals surface area contributed by atoms with Gasteiger partial charge in [0, 0.05) is 28.7 Å². The van der Waals surface area contributed by atoms with Gasteiger partial charge in [0.15, 0.2) is 5.65 Å². The number of thiophene rings is 1. The van der Waals surface area contributed by atoms with Crippen molar-refractivity contribution in [2.45, 2.75) is 20.4 Å². The molecule has 3 rings (SSSR count). The van der Waals surface area contributed by atoms with Crippen molar-refractivity contribution in [3.8, 4) is 0 Å². The lowest BCUT2D eigenvalue weighted by Crippen LogP contribution is -1.98. The lowest BCUT2D eigenvalue weighted by atomic mass is 10.2. The first kappa shape index (κ1) is 12.2. The van der Waals surface area contributed by atoms with Gasteiger partial charge in [0.2, 0.25) is 0 Å². The van der Waals surface area contributed by atoms with Gasteiger partial charge < -0.3 is 5.32 Å². The predicted octanol–water partition coefficient (Wildman–Crippen LogP) is 3.26. The van der Waals surface area contributed by atoms with Crippen molar-refractivity contribution in [1.29, 1.82) is 0 Å². The number of pyridine rings is 1. The van der Waals surface area contributed by atoms with Crippen LogP contribution >= 0.6 is 11.3 Å². The molecule has 0 aliphatic rings. The molecule has 3 aromatic heterocycles. The number of nitrogens with one attached hydrogen (secondary N) is 1. The second-order valence-corrected chi connectivity index (χ2v) is 6.04. The highest BCUT2D eigenvalue weighted by Crippen LogP contribution is 2.21. The summed E-state index contributed by atoms with van der Waals surface area (Å²) in [6.07, 6.45) is 1.86. The average molecular weight is 272 g/mol. The maximum Gasteiger partial charge on any atom is 0.157 e. The molecule has 5 heteroatoms. The fraction of sp³-hybridized carbons (Fsp3) is 0.286. The standard InChI is InChI=1S/C14H16N4S/c1-9-4-5-12(19-9)8-15-11-6-13-10(2)17-18(3)14(13)16-7-11/h4-7,15H,8H2,1-3H3. The summed E-state index contributed by atoms with van der Waals surface area (Å²) < 4.78 is 1.82. The Bertz CT molecular complexity index is 726. The molecule has 0 atom stereocenters. The van der Waals surface area contributed by atoms with Gasteiger partial charge in [0.25, 0.3) is 0 Å². The molecule has 98 valence electrons. The van der Waals surface area contributed by atoms with Crippen molar-refractivity contribution in [1.82, 2.24) is 14.8 Å². The van der Waals surface area contributed by atoms with Crippen molar-refractivity contribution >= 4 is 28.1 Å². The number of hydrogen-bond acceptors (Lipinski definition) is 4. The van der Waals surface area contributed by atoms with E-state index in [2.05, 4.69) is 40.5 Å². The van der Waals surface area contributed by atoms with E-state index in [1.165, 1.54) is 9.75 Å². The van der Waals surface area contributed by atoms with Crippen molar-refractivity contribution in [2.75, 3.05) is 5.32 Å². The first-order valence-electron chi connectivity index (χ1n) is 6.22. The van der Waals surface area contributed by atoms with Crippen LogP contribution in [0.5, 0.6) is 0 Å². The molecular weight excluding hydrogens is 256 g/mol. The van der Waals surface area contributed by atoms with E-state index in [0.29, 0.717) is 0 Å². The Kier molecular flexibility index (Phi) is 2.98. The summed E-state index contributed by atoms with van der Waals surface area (Å²) in [4.78, 5) is 7.14. The quantitative estimate of drug-likeness (QED) is 0.796. The van der Waals surface area contributed by atoms with Crippen molar-refractivity contribution in [3.05, 3.63) is 39.8 Å². The smallest absolute Gasteiger partial charge is 0.157 e. The van der Waals surface area contributed by atoms with Crippen LogP contribution in [0.1, 0.15) is 15.4 Å². The highest BCUT2D eigenvalue weighted by molar-refractivity contribution is 7.11. The molecule has 0 radical (unpaired) electrons. The van der Waals surface area contributed by atoms with Crippen LogP contribution in [0.25, 0.3) is 11.0 Å². The van der Waals surface area contributed by atoms with Crippen LogP contribution in [-0.4, -0.2) is 14.8 Å². The van der Waals surface area contributed by atoms with Gasteiger partial charge >= 0.3 is 0 Å². The first-order valence-corrected chi connectivity index (χ1v) is 7.03. The zero-order chi connectivity index (χ0) is 13.4. The Morgan fingerprint density at radius 1 is 1.32 bits per heavy atom. The number of nitrogens with zero attached hydrogens (tertiary/aromatic N) is 3. The Morgan fingerprint density at radius 2 is 2.16 bits per heavy atom. The van der Waals surface area contributed by atoms with Gasteiger partial charge in [-0.15, -0.1) is 11.3 Å². The van der Waals surface area contributed by atoms with Crippen molar-refractivity contribution in [3.63, 3.8) is 0 Å². The summed E-state index contributed by atoms with van der Waals surface area (Å²) in [6, 6.07) is 6.42. The largest absolute Gasteiger partial charge is 0.379 e. The zero-order valence-corrected chi connectivity index (χ0v) is 12.1. The van der Waals surface area contributed by atoms with E-state index in [0.717, 1.165) is 29.0 Å². The van der Waals surface area contributed by atoms with Crippen LogP contribution in [-0.2, 0) is 13.6 Å². The summed E-state index contributed by atoms with van der Waals surface area (Å²) in [7, 11) is 1.92. The number of aromatic nitrogens is 3. The monoisotopic (exact) mass is 272 g/mol. The molecule has 0 amide bonds. The number of anilines is 1. The second-order valence-electron chi connectivity index (χ2n) is 4.67. The molecule has 0 aromatic carbocycles. The lowest BCUT2D eigenvalue weighted by Gasteiger charge is -2.04. The third-order valence-corrected chi connectivity index (χ3v) is 4.13. The van der Waals surface area contributed by atoms with E-state index >= 15 is 0 Å². The fourth-order valence-corrected chi connectivity index (χ4v) is 3.00. The molecule has 0 saturated carbocycles. The van der Waals surface area contributed by atoms with Gasteiger partial charge in [-0.05, 0) is 32.0 Å². The molecule has 0 spiro atoms. The Morgan fingerprint density at radius 3 is 2.89 bits per heavy atom. The molecular formula is C14H16N4S. The van der Waals surface area contributed by atoms with Gasteiger partial charge in [0.05, 0.1) is 17.6 Å². The summed E-state index contributed by atoms with van der Waals surface area (Å²) in [5.74, 6) is 0. The highest BCUT2D eigenvalue weighted by atomic mass is 32.1. The lowest BCUT2D eigenvalue weighted by molar-refractivity contribution is 0.774. The Balaban J connectivity index is 1.83. The summed E-state index contributed by atoms with van der Waals surface area (Å²) >= 11 is 1.82.